The Hall–Kier alpha value is -2.80. The maximum Gasteiger partial charge on any atom is 0.251 e. The minimum absolute atomic E-state index is 0.0429. The van der Waals surface area contributed by atoms with Gasteiger partial charge in [-0.2, -0.15) is 0 Å². The predicted octanol–water partition coefficient (Wildman–Crippen LogP) is 5.19. The molecule has 1 saturated heterocycles. The van der Waals surface area contributed by atoms with Crippen molar-refractivity contribution in [3.05, 3.63) is 71.3 Å². The number of hydrogen-bond acceptors (Lipinski definition) is 6. The van der Waals surface area contributed by atoms with E-state index in [1.807, 2.05) is 36.4 Å². The van der Waals surface area contributed by atoms with E-state index in [1.165, 1.54) is 12.8 Å². The lowest BCUT2D eigenvalue weighted by Crippen LogP contribution is -2.22. The van der Waals surface area contributed by atoms with Gasteiger partial charge in [0.05, 0.1) is 18.5 Å². The zero-order chi connectivity index (χ0) is 22.6. The third-order valence-corrected chi connectivity index (χ3v) is 6.37. The lowest BCUT2D eigenvalue weighted by atomic mass is 9.92. The second kappa shape index (κ2) is 9.77. The Morgan fingerprint density at radius 2 is 1.94 bits per heavy atom. The van der Waals surface area contributed by atoms with Crippen LogP contribution in [0.15, 0.2) is 58.3 Å². The van der Waals surface area contributed by atoms with Crippen molar-refractivity contribution in [2.75, 3.05) is 18.0 Å². The smallest absolute Gasteiger partial charge is 0.251 e. The molecule has 3 heterocycles. The molecule has 3 aromatic rings. The first-order valence-corrected chi connectivity index (χ1v) is 12.0. The summed E-state index contributed by atoms with van der Waals surface area (Å²) >= 11 is 1.61. The number of anilines is 1. The van der Waals surface area contributed by atoms with Gasteiger partial charge in [-0.3, -0.25) is 4.79 Å². The van der Waals surface area contributed by atoms with Crippen molar-refractivity contribution in [1.29, 1.82) is 0 Å². The van der Waals surface area contributed by atoms with Gasteiger partial charge < -0.3 is 14.6 Å². The van der Waals surface area contributed by atoms with Gasteiger partial charge in [-0.1, -0.05) is 44.7 Å². The number of rotatable bonds is 7. The molecule has 0 aliphatic carbocycles. The van der Waals surface area contributed by atoms with E-state index in [0.29, 0.717) is 17.9 Å². The van der Waals surface area contributed by atoms with Gasteiger partial charge in [0.1, 0.15) is 11.6 Å². The Bertz CT molecular complexity index is 1050. The van der Waals surface area contributed by atoms with Crippen molar-refractivity contribution < 1.29 is 9.21 Å². The summed E-state index contributed by atoms with van der Waals surface area (Å²) in [5.74, 6) is 2.34. The number of amides is 1. The zero-order valence-corrected chi connectivity index (χ0v) is 19.7. The molecule has 1 aliphatic heterocycles. The third-order valence-electron chi connectivity index (χ3n) is 5.45. The largest absolute Gasteiger partial charge is 0.467 e. The van der Waals surface area contributed by atoms with Crippen molar-refractivity contribution in [2.45, 2.75) is 56.5 Å². The molecule has 32 heavy (non-hydrogen) atoms. The Labute approximate surface area is 193 Å². The van der Waals surface area contributed by atoms with Crippen LogP contribution in [0.25, 0.3) is 0 Å². The number of carbonyl (C=O) groups is 1. The third kappa shape index (κ3) is 5.71. The first-order chi connectivity index (χ1) is 15.4. The standard InChI is InChI=1S/C25H30N4O2S/c1-25(2,3)21-15-22(29-11-4-5-12-29)28-24(27-21)32-17-18-8-6-9-19(14-18)23(30)26-16-20-10-7-13-31-20/h6-10,13-15H,4-5,11-12,16-17H2,1-3H3,(H,26,30). The predicted molar refractivity (Wildman–Crippen MR) is 128 cm³/mol. The summed E-state index contributed by atoms with van der Waals surface area (Å²) in [5.41, 5.74) is 2.71. The fraction of sp³-hybridized carbons (Fsp3) is 0.400. The maximum absolute atomic E-state index is 12.5. The van der Waals surface area contributed by atoms with E-state index in [0.717, 1.165) is 41.1 Å². The fourth-order valence-electron chi connectivity index (χ4n) is 3.60. The first kappa shape index (κ1) is 22.4. The summed E-state index contributed by atoms with van der Waals surface area (Å²) in [4.78, 5) is 24.6. The molecule has 1 fully saturated rings. The second-order valence-corrected chi connectivity index (χ2v) is 10.0. The number of furan rings is 1. The van der Waals surface area contributed by atoms with Gasteiger partial charge in [-0.25, -0.2) is 9.97 Å². The van der Waals surface area contributed by atoms with Gasteiger partial charge in [0, 0.05) is 35.9 Å². The molecule has 0 spiro atoms. The molecule has 0 unspecified atom stereocenters. The highest BCUT2D eigenvalue weighted by Gasteiger charge is 2.22. The lowest BCUT2D eigenvalue weighted by Gasteiger charge is -2.23. The molecule has 1 aromatic carbocycles. The van der Waals surface area contributed by atoms with E-state index in [9.17, 15) is 4.79 Å². The maximum atomic E-state index is 12.5. The summed E-state index contributed by atoms with van der Waals surface area (Å²) in [6.07, 6.45) is 4.03. The molecule has 2 aromatic heterocycles. The zero-order valence-electron chi connectivity index (χ0n) is 18.9. The normalized spacial score (nSPS) is 14.0. The number of thioether (sulfide) groups is 1. The second-order valence-electron chi connectivity index (χ2n) is 9.09. The molecule has 7 heteroatoms. The number of nitrogens with zero attached hydrogens (tertiary/aromatic N) is 3. The lowest BCUT2D eigenvalue weighted by molar-refractivity contribution is 0.0948. The van der Waals surface area contributed by atoms with Crippen LogP contribution in [0.3, 0.4) is 0 Å². The summed E-state index contributed by atoms with van der Waals surface area (Å²) in [5, 5.41) is 3.68. The van der Waals surface area contributed by atoms with E-state index >= 15 is 0 Å². The Balaban J connectivity index is 1.45. The summed E-state index contributed by atoms with van der Waals surface area (Å²) in [6.45, 7) is 9.03. The minimum Gasteiger partial charge on any atom is -0.467 e. The fourth-order valence-corrected chi connectivity index (χ4v) is 4.40. The highest BCUT2D eigenvalue weighted by Crippen LogP contribution is 2.29. The van der Waals surface area contributed by atoms with Crippen molar-refractivity contribution in [3.8, 4) is 0 Å². The molecule has 0 bridgehead atoms. The van der Waals surface area contributed by atoms with Gasteiger partial charge in [0.2, 0.25) is 0 Å². The number of hydrogen-bond donors (Lipinski definition) is 1. The van der Waals surface area contributed by atoms with Gasteiger partial charge in [-0.15, -0.1) is 0 Å². The number of carbonyl (C=O) groups excluding carboxylic acids is 1. The van der Waals surface area contributed by atoms with Crippen molar-refractivity contribution >= 4 is 23.5 Å². The molecular formula is C25H30N4O2S. The minimum atomic E-state index is -0.115. The summed E-state index contributed by atoms with van der Waals surface area (Å²) in [6, 6.07) is 13.5. The molecule has 0 atom stereocenters. The van der Waals surface area contributed by atoms with Crippen molar-refractivity contribution in [3.63, 3.8) is 0 Å². The SMILES string of the molecule is CC(C)(C)c1cc(N2CCCC2)nc(SCc2cccc(C(=O)NCc3ccco3)c2)n1. The van der Waals surface area contributed by atoms with Crippen molar-refractivity contribution in [1.82, 2.24) is 15.3 Å². The van der Waals surface area contributed by atoms with Crippen LogP contribution in [0, 0.1) is 0 Å². The molecule has 1 N–H and O–H groups in total. The molecule has 4 rings (SSSR count). The van der Waals surface area contributed by atoms with E-state index in [4.69, 9.17) is 14.4 Å². The van der Waals surface area contributed by atoms with Gasteiger partial charge in [0.25, 0.3) is 5.91 Å². The van der Waals surface area contributed by atoms with Crippen LogP contribution in [0.1, 0.15) is 61.0 Å². The van der Waals surface area contributed by atoms with Crippen LogP contribution in [0.2, 0.25) is 0 Å². The summed E-state index contributed by atoms with van der Waals surface area (Å²) < 4.78 is 5.28. The molecule has 0 radical (unpaired) electrons. The molecule has 0 saturated carbocycles. The van der Waals surface area contributed by atoms with Crippen LogP contribution in [0.5, 0.6) is 0 Å². The topological polar surface area (TPSA) is 71.3 Å². The van der Waals surface area contributed by atoms with Crippen LogP contribution in [-0.2, 0) is 17.7 Å². The number of aromatic nitrogens is 2. The van der Waals surface area contributed by atoms with Crippen molar-refractivity contribution in [2.24, 2.45) is 0 Å². The highest BCUT2D eigenvalue weighted by molar-refractivity contribution is 7.98. The average molecular weight is 451 g/mol. The van der Waals surface area contributed by atoms with Crippen LogP contribution in [-0.4, -0.2) is 29.0 Å². The Morgan fingerprint density at radius 3 is 2.66 bits per heavy atom. The quantitative estimate of drug-likeness (QED) is 0.395. The van der Waals surface area contributed by atoms with E-state index in [1.54, 1.807) is 18.0 Å². The van der Waals surface area contributed by atoms with Crippen LogP contribution >= 0.6 is 11.8 Å². The van der Waals surface area contributed by atoms with Crippen LogP contribution < -0.4 is 10.2 Å². The molecule has 168 valence electrons. The highest BCUT2D eigenvalue weighted by atomic mass is 32.2. The van der Waals surface area contributed by atoms with E-state index in [-0.39, 0.29) is 11.3 Å². The number of benzene rings is 1. The Kier molecular flexibility index (Phi) is 6.84. The summed E-state index contributed by atoms with van der Waals surface area (Å²) in [7, 11) is 0. The molecule has 6 nitrogen and oxygen atoms in total. The number of nitrogens with one attached hydrogen (secondary N) is 1. The van der Waals surface area contributed by atoms with Crippen LogP contribution in [0.4, 0.5) is 5.82 Å². The van der Waals surface area contributed by atoms with E-state index in [2.05, 4.69) is 37.1 Å². The first-order valence-electron chi connectivity index (χ1n) is 11.1. The molecule has 1 aliphatic rings. The molecule has 1 amide bonds. The van der Waals surface area contributed by atoms with E-state index < -0.39 is 0 Å². The van der Waals surface area contributed by atoms with Gasteiger partial charge in [0.15, 0.2) is 5.16 Å². The Morgan fingerprint density at radius 1 is 1.12 bits per heavy atom. The van der Waals surface area contributed by atoms with Gasteiger partial charge >= 0.3 is 0 Å². The van der Waals surface area contributed by atoms with Gasteiger partial charge in [-0.05, 0) is 42.7 Å². The average Bonchev–Trinajstić information content (AvgIpc) is 3.50. The molecular weight excluding hydrogens is 420 g/mol. The monoisotopic (exact) mass is 450 g/mol.